The Morgan fingerprint density at radius 3 is 2.65 bits per heavy atom. The van der Waals surface area contributed by atoms with Crippen molar-refractivity contribution in [3.8, 4) is 11.5 Å². The highest BCUT2D eigenvalue weighted by Gasteiger charge is 2.26. The molecule has 0 amide bonds. The summed E-state index contributed by atoms with van der Waals surface area (Å²) in [6, 6.07) is 5.45. The van der Waals surface area contributed by atoms with Crippen LogP contribution in [-0.2, 0) is 11.2 Å². The van der Waals surface area contributed by atoms with Gasteiger partial charge in [0.2, 0.25) is 0 Å². The predicted molar refractivity (Wildman–Crippen MR) is 87.6 cm³/mol. The first kappa shape index (κ1) is 15.6. The summed E-state index contributed by atoms with van der Waals surface area (Å²) in [5.41, 5.74) is 3.15. The van der Waals surface area contributed by atoms with Gasteiger partial charge in [0.1, 0.15) is 11.5 Å². The molecule has 2 heterocycles. The van der Waals surface area contributed by atoms with Crippen LogP contribution in [0.2, 0.25) is 0 Å². The van der Waals surface area contributed by atoms with Crippen LogP contribution in [0.15, 0.2) is 34.6 Å². The van der Waals surface area contributed by atoms with Crippen molar-refractivity contribution in [2.24, 2.45) is 0 Å². The molecule has 3 rings (SSSR count). The number of H-pyrrole nitrogens is 1. The van der Waals surface area contributed by atoms with Crippen LogP contribution in [0, 0.1) is 13.8 Å². The number of hydrogen-bond acceptors (Lipinski definition) is 5. The fourth-order valence-electron chi connectivity index (χ4n) is 2.48. The van der Waals surface area contributed by atoms with Crippen LogP contribution < -0.4 is 9.47 Å². The number of imidazole rings is 1. The highest BCUT2D eigenvalue weighted by molar-refractivity contribution is 7.91. The summed E-state index contributed by atoms with van der Waals surface area (Å²) in [5.74, 6) is 1.41. The number of benzene rings is 1. The fourth-order valence-corrected chi connectivity index (χ4v) is 3.56. The van der Waals surface area contributed by atoms with Crippen LogP contribution in [0.25, 0.3) is 11.0 Å². The monoisotopic (exact) mass is 331 g/mol. The highest BCUT2D eigenvalue weighted by Crippen LogP contribution is 2.30. The number of methoxy groups -OCH3 is 2. The van der Waals surface area contributed by atoms with Gasteiger partial charge in [0, 0.05) is 17.8 Å². The van der Waals surface area contributed by atoms with Gasteiger partial charge in [0.15, 0.2) is 0 Å². The van der Waals surface area contributed by atoms with Crippen molar-refractivity contribution in [3.63, 3.8) is 0 Å². The van der Waals surface area contributed by atoms with E-state index >= 15 is 0 Å². The maximum atomic E-state index is 12.8. The van der Waals surface area contributed by atoms with E-state index in [4.69, 9.17) is 9.47 Å². The van der Waals surface area contributed by atoms with Crippen LogP contribution in [0.1, 0.15) is 11.1 Å². The summed E-state index contributed by atoms with van der Waals surface area (Å²) < 4.78 is 23.4. The van der Waals surface area contributed by atoms with Crippen molar-refractivity contribution in [1.82, 2.24) is 15.0 Å². The number of pyridine rings is 1. The first-order valence-electron chi connectivity index (χ1n) is 7.01. The summed E-state index contributed by atoms with van der Waals surface area (Å²) in [4.78, 5) is 11.8. The molecule has 0 saturated carbocycles. The van der Waals surface area contributed by atoms with Crippen LogP contribution in [0.4, 0.5) is 0 Å². The van der Waals surface area contributed by atoms with Crippen LogP contribution >= 0.6 is 0 Å². The molecule has 0 spiro atoms. The number of aryl methyl sites for hydroxylation is 1. The van der Waals surface area contributed by atoms with Gasteiger partial charge in [-0.2, -0.15) is 4.98 Å². The third-order valence-electron chi connectivity index (χ3n) is 3.62. The molecule has 1 N–H and O–H groups in total. The van der Waals surface area contributed by atoms with E-state index in [1.54, 1.807) is 20.4 Å². The lowest BCUT2D eigenvalue weighted by molar-refractivity contribution is 0.405. The summed E-state index contributed by atoms with van der Waals surface area (Å²) >= 11 is -1.52. The molecule has 3 aromatic rings. The third-order valence-corrected chi connectivity index (χ3v) is 4.93. The van der Waals surface area contributed by atoms with Gasteiger partial charge in [-0.1, -0.05) is 0 Å². The minimum Gasteiger partial charge on any atom is -0.603 e. The number of aromatic nitrogens is 3. The zero-order valence-corrected chi connectivity index (χ0v) is 14.2. The van der Waals surface area contributed by atoms with E-state index in [1.807, 2.05) is 32.0 Å². The van der Waals surface area contributed by atoms with E-state index in [9.17, 15) is 4.55 Å². The summed E-state index contributed by atoms with van der Waals surface area (Å²) in [7, 11) is 3.19. The average Bonchev–Trinajstić information content (AvgIpc) is 2.97. The smallest absolute Gasteiger partial charge is 0.329 e. The molecular weight excluding hydrogens is 314 g/mol. The van der Waals surface area contributed by atoms with E-state index in [2.05, 4.69) is 15.0 Å². The van der Waals surface area contributed by atoms with Gasteiger partial charge in [0.25, 0.3) is 5.03 Å². The second-order valence-corrected chi connectivity index (χ2v) is 6.41. The fraction of sp³-hybridized carbons (Fsp3) is 0.250. The van der Waals surface area contributed by atoms with Crippen LogP contribution in [0.5, 0.6) is 11.5 Å². The molecule has 120 valence electrons. The van der Waals surface area contributed by atoms with Crippen molar-refractivity contribution in [1.29, 1.82) is 0 Å². The standard InChI is InChI=1S/C16H17N3O3S/c1-9-8-17-15(10(2)14(9)22-4)23(20)16-18-12-6-5-11(21-3)7-13(12)19-16/h5-8H,1-4H3,(H,18,19). The SMILES string of the molecule is COc1ccc2nc([S+]([O-])c3ncc(C)c(OC)c3C)[nH]c2c1. The Hall–Kier alpha value is -2.25. The Bertz CT molecular complexity index is 863. The molecule has 1 unspecified atom stereocenters. The molecule has 23 heavy (non-hydrogen) atoms. The summed E-state index contributed by atoms with van der Waals surface area (Å²) in [6.07, 6.45) is 1.66. The molecule has 0 radical (unpaired) electrons. The number of hydrogen-bond donors (Lipinski definition) is 1. The van der Waals surface area contributed by atoms with Gasteiger partial charge in [-0.3, -0.25) is 4.98 Å². The molecule has 0 bridgehead atoms. The number of fused-ring (bicyclic) bond motifs is 1. The first-order valence-corrected chi connectivity index (χ1v) is 8.16. The molecule has 0 aliphatic carbocycles. The van der Waals surface area contributed by atoms with Gasteiger partial charge in [0.05, 0.1) is 42.0 Å². The maximum absolute atomic E-state index is 12.8. The van der Waals surface area contributed by atoms with Crippen molar-refractivity contribution >= 4 is 22.2 Å². The normalized spacial score (nSPS) is 12.4. The molecule has 0 aliphatic heterocycles. The van der Waals surface area contributed by atoms with Gasteiger partial charge >= 0.3 is 5.16 Å². The van der Waals surface area contributed by atoms with E-state index < -0.39 is 11.2 Å². The van der Waals surface area contributed by atoms with Crippen molar-refractivity contribution < 1.29 is 14.0 Å². The highest BCUT2D eigenvalue weighted by atomic mass is 32.2. The van der Waals surface area contributed by atoms with Gasteiger partial charge in [-0.05, 0) is 26.0 Å². The quantitative estimate of drug-likeness (QED) is 0.743. The zero-order chi connectivity index (χ0) is 16.6. The Labute approximate surface area is 137 Å². The minimum atomic E-state index is -1.52. The second-order valence-electron chi connectivity index (χ2n) is 5.10. The zero-order valence-electron chi connectivity index (χ0n) is 13.3. The Kier molecular flexibility index (Phi) is 4.14. The average molecular weight is 331 g/mol. The second kappa shape index (κ2) is 6.10. The molecule has 0 aliphatic rings. The van der Waals surface area contributed by atoms with E-state index in [1.165, 1.54) is 0 Å². The molecule has 0 saturated heterocycles. The lowest BCUT2D eigenvalue weighted by Gasteiger charge is -2.12. The number of nitrogens with one attached hydrogen (secondary N) is 1. The van der Waals surface area contributed by atoms with Crippen molar-refractivity contribution in [3.05, 3.63) is 35.5 Å². The molecule has 1 aromatic carbocycles. The Morgan fingerprint density at radius 1 is 1.17 bits per heavy atom. The van der Waals surface area contributed by atoms with Crippen LogP contribution in [0.3, 0.4) is 0 Å². The van der Waals surface area contributed by atoms with Crippen LogP contribution in [-0.4, -0.2) is 33.7 Å². The molecule has 6 nitrogen and oxygen atoms in total. The van der Waals surface area contributed by atoms with Gasteiger partial charge in [-0.25, -0.2) is 4.98 Å². The van der Waals surface area contributed by atoms with Crippen molar-refractivity contribution in [2.75, 3.05) is 14.2 Å². The number of nitrogens with zero attached hydrogens (tertiary/aromatic N) is 2. The Morgan fingerprint density at radius 2 is 1.96 bits per heavy atom. The maximum Gasteiger partial charge on any atom is 0.329 e. The molecular formula is C16H17N3O3S. The molecule has 2 aromatic heterocycles. The minimum absolute atomic E-state index is 0.356. The number of rotatable bonds is 4. The lowest BCUT2D eigenvalue weighted by Crippen LogP contribution is -2.10. The van der Waals surface area contributed by atoms with Gasteiger partial charge < -0.3 is 14.0 Å². The van der Waals surface area contributed by atoms with Crippen molar-refractivity contribution in [2.45, 2.75) is 24.0 Å². The Balaban J connectivity index is 2.05. The molecule has 7 heteroatoms. The number of aromatic amines is 1. The third kappa shape index (κ3) is 2.73. The summed E-state index contributed by atoms with van der Waals surface area (Å²) in [5, 5.41) is 0.799. The number of ether oxygens (including phenoxy) is 2. The predicted octanol–water partition coefficient (Wildman–Crippen LogP) is 2.76. The van der Waals surface area contributed by atoms with E-state index in [-0.39, 0.29) is 0 Å². The first-order chi connectivity index (χ1) is 11.0. The largest absolute Gasteiger partial charge is 0.603 e. The van der Waals surface area contributed by atoms with Gasteiger partial charge in [-0.15, -0.1) is 0 Å². The van der Waals surface area contributed by atoms with E-state index in [0.717, 1.165) is 22.2 Å². The lowest BCUT2D eigenvalue weighted by atomic mass is 10.2. The molecule has 0 fully saturated rings. The topological polar surface area (TPSA) is 83.1 Å². The summed E-state index contributed by atoms with van der Waals surface area (Å²) in [6.45, 7) is 3.75. The molecule has 1 atom stereocenters. The van der Waals surface area contributed by atoms with E-state index in [0.29, 0.717) is 21.7 Å².